The molecule has 2 atom stereocenters. The van der Waals surface area contributed by atoms with Crippen LogP contribution in [0.25, 0.3) is 0 Å². The molecule has 0 bridgehead atoms. The molecule has 2 aromatic heterocycles. The zero-order valence-corrected chi connectivity index (χ0v) is 13.8. The third kappa shape index (κ3) is 3.39. The van der Waals surface area contributed by atoms with Crippen molar-refractivity contribution in [3.63, 3.8) is 0 Å². The Morgan fingerprint density at radius 3 is 2.62 bits per heavy atom. The molecule has 0 saturated carbocycles. The van der Waals surface area contributed by atoms with E-state index in [9.17, 15) is 0 Å². The minimum atomic E-state index is 0.300. The lowest BCUT2D eigenvalue weighted by molar-refractivity contribution is -0.0746. The summed E-state index contributed by atoms with van der Waals surface area (Å²) in [5.41, 5.74) is 1.32. The summed E-state index contributed by atoms with van der Waals surface area (Å²) < 4.78 is 6.09. The number of aromatic nitrogens is 3. The van der Waals surface area contributed by atoms with Crippen molar-refractivity contribution in [3.8, 4) is 0 Å². The van der Waals surface area contributed by atoms with Crippen LogP contribution in [0.3, 0.4) is 0 Å². The van der Waals surface area contributed by atoms with E-state index in [1.807, 2.05) is 30.9 Å². The normalized spacial score (nSPS) is 25.1. The first-order valence-corrected chi connectivity index (χ1v) is 8.67. The molecule has 0 spiro atoms. The van der Waals surface area contributed by atoms with Crippen LogP contribution in [0, 0.1) is 0 Å². The van der Waals surface area contributed by atoms with E-state index in [4.69, 9.17) is 4.74 Å². The van der Waals surface area contributed by atoms with Crippen LogP contribution in [-0.2, 0) is 11.3 Å². The van der Waals surface area contributed by atoms with Crippen molar-refractivity contribution in [2.75, 3.05) is 31.1 Å². The maximum Gasteiger partial charge on any atom is 0.225 e. The van der Waals surface area contributed by atoms with Crippen molar-refractivity contribution in [1.29, 1.82) is 0 Å². The smallest absolute Gasteiger partial charge is 0.225 e. The Morgan fingerprint density at radius 1 is 1.00 bits per heavy atom. The van der Waals surface area contributed by atoms with Crippen LogP contribution in [0.15, 0.2) is 43.0 Å². The van der Waals surface area contributed by atoms with E-state index >= 15 is 0 Å². The summed E-state index contributed by atoms with van der Waals surface area (Å²) in [6.07, 6.45) is 9.77. The minimum Gasteiger partial charge on any atom is -0.375 e. The van der Waals surface area contributed by atoms with Crippen molar-refractivity contribution in [3.05, 3.63) is 48.5 Å². The molecule has 0 aliphatic carbocycles. The second-order valence-corrected chi connectivity index (χ2v) is 6.42. The molecular weight excluding hydrogens is 302 g/mol. The van der Waals surface area contributed by atoms with Crippen LogP contribution < -0.4 is 4.90 Å². The Hall–Kier alpha value is -2.05. The van der Waals surface area contributed by atoms with Crippen molar-refractivity contribution < 1.29 is 4.74 Å². The van der Waals surface area contributed by atoms with E-state index < -0.39 is 0 Å². The summed E-state index contributed by atoms with van der Waals surface area (Å²) in [6, 6.07) is 6.53. The van der Waals surface area contributed by atoms with Gasteiger partial charge >= 0.3 is 0 Å². The number of rotatable bonds is 3. The molecule has 2 aliphatic rings. The molecule has 6 nitrogen and oxygen atoms in total. The predicted molar refractivity (Wildman–Crippen MR) is 91.7 cm³/mol. The molecule has 0 amide bonds. The predicted octanol–water partition coefficient (Wildman–Crippen LogP) is 1.74. The Kier molecular flexibility index (Phi) is 4.66. The van der Waals surface area contributed by atoms with Crippen LogP contribution in [0.1, 0.15) is 18.4 Å². The highest BCUT2D eigenvalue weighted by Gasteiger charge is 2.35. The number of pyridine rings is 1. The quantitative estimate of drug-likeness (QED) is 0.857. The minimum absolute atomic E-state index is 0.300. The molecule has 2 saturated heterocycles. The lowest BCUT2D eigenvalue weighted by atomic mass is 10.0. The van der Waals surface area contributed by atoms with Gasteiger partial charge in [-0.1, -0.05) is 0 Å². The van der Waals surface area contributed by atoms with Gasteiger partial charge in [-0.05, 0) is 36.6 Å². The van der Waals surface area contributed by atoms with Crippen LogP contribution >= 0.6 is 0 Å². The lowest BCUT2D eigenvalue weighted by Crippen LogP contribution is -2.50. The van der Waals surface area contributed by atoms with Crippen LogP contribution in [0.4, 0.5) is 5.95 Å². The summed E-state index contributed by atoms with van der Waals surface area (Å²) >= 11 is 0. The fraction of sp³-hybridized carbons (Fsp3) is 0.500. The molecule has 4 heterocycles. The van der Waals surface area contributed by atoms with Gasteiger partial charge in [-0.25, -0.2) is 9.97 Å². The van der Waals surface area contributed by atoms with Gasteiger partial charge in [-0.15, -0.1) is 0 Å². The van der Waals surface area contributed by atoms with Gasteiger partial charge in [-0.3, -0.25) is 9.88 Å². The number of hydrogen-bond donors (Lipinski definition) is 0. The molecular formula is C18H23N5O. The first kappa shape index (κ1) is 15.5. The average molecular weight is 325 g/mol. The monoisotopic (exact) mass is 325 g/mol. The zero-order valence-electron chi connectivity index (χ0n) is 13.8. The first-order valence-electron chi connectivity index (χ1n) is 8.67. The number of anilines is 1. The molecule has 2 fully saturated rings. The van der Waals surface area contributed by atoms with Gasteiger partial charge in [-0.2, -0.15) is 0 Å². The highest BCUT2D eigenvalue weighted by atomic mass is 16.5. The summed E-state index contributed by atoms with van der Waals surface area (Å²) in [7, 11) is 0. The standard InChI is InChI=1S/C18H23N5O/c1-6-20-18(21-7-1)22-10-4-16-17(5-11-22)24-13-12-23(16)14-15-2-8-19-9-3-15/h1-3,6-9,16-17H,4-5,10-14H2/t16-,17+/m1/s1. The van der Waals surface area contributed by atoms with E-state index in [-0.39, 0.29) is 0 Å². The number of nitrogens with zero attached hydrogens (tertiary/aromatic N) is 5. The van der Waals surface area contributed by atoms with Crippen molar-refractivity contribution in [2.45, 2.75) is 31.5 Å². The first-order chi connectivity index (χ1) is 11.9. The number of morpholine rings is 1. The average Bonchev–Trinajstić information content (AvgIpc) is 2.87. The topological polar surface area (TPSA) is 54.4 Å². The van der Waals surface area contributed by atoms with Crippen LogP contribution in [0.5, 0.6) is 0 Å². The van der Waals surface area contributed by atoms with E-state index in [0.717, 1.165) is 51.6 Å². The van der Waals surface area contributed by atoms with Gasteiger partial charge in [0.2, 0.25) is 5.95 Å². The molecule has 0 unspecified atom stereocenters. The van der Waals surface area contributed by atoms with Gasteiger partial charge in [0, 0.05) is 57.0 Å². The number of fused-ring (bicyclic) bond motifs is 1. The lowest BCUT2D eigenvalue weighted by Gasteiger charge is -2.40. The second kappa shape index (κ2) is 7.23. The third-order valence-electron chi connectivity index (χ3n) is 4.96. The Bertz CT molecular complexity index is 638. The highest BCUT2D eigenvalue weighted by Crippen LogP contribution is 2.26. The van der Waals surface area contributed by atoms with Gasteiger partial charge in [0.25, 0.3) is 0 Å². The third-order valence-corrected chi connectivity index (χ3v) is 4.96. The van der Waals surface area contributed by atoms with Gasteiger partial charge in [0.15, 0.2) is 0 Å². The fourth-order valence-electron chi connectivity index (χ4n) is 3.73. The zero-order chi connectivity index (χ0) is 16.2. The fourth-order valence-corrected chi connectivity index (χ4v) is 3.73. The maximum atomic E-state index is 6.09. The number of hydrogen-bond acceptors (Lipinski definition) is 6. The molecule has 24 heavy (non-hydrogen) atoms. The van der Waals surface area contributed by atoms with Gasteiger partial charge < -0.3 is 9.64 Å². The van der Waals surface area contributed by atoms with Crippen molar-refractivity contribution in [1.82, 2.24) is 19.9 Å². The Labute approximate surface area is 142 Å². The van der Waals surface area contributed by atoms with E-state index in [0.29, 0.717) is 12.1 Å². The molecule has 0 N–H and O–H groups in total. The van der Waals surface area contributed by atoms with E-state index in [2.05, 4.69) is 36.9 Å². The molecule has 0 radical (unpaired) electrons. The largest absolute Gasteiger partial charge is 0.375 e. The van der Waals surface area contributed by atoms with Gasteiger partial charge in [0.05, 0.1) is 12.7 Å². The maximum absolute atomic E-state index is 6.09. The Morgan fingerprint density at radius 2 is 1.79 bits per heavy atom. The SMILES string of the molecule is c1cnc(N2CC[C@@H]3OCCN(Cc4ccncc4)[C@@H]3CC2)nc1. The molecule has 2 aliphatic heterocycles. The molecule has 2 aromatic rings. The van der Waals surface area contributed by atoms with Gasteiger partial charge in [0.1, 0.15) is 0 Å². The van der Waals surface area contributed by atoms with Crippen molar-refractivity contribution in [2.24, 2.45) is 0 Å². The van der Waals surface area contributed by atoms with Crippen LogP contribution in [0.2, 0.25) is 0 Å². The van der Waals surface area contributed by atoms with Crippen molar-refractivity contribution >= 4 is 5.95 Å². The number of ether oxygens (including phenoxy) is 1. The highest BCUT2D eigenvalue weighted by molar-refractivity contribution is 5.28. The molecule has 126 valence electrons. The molecule has 6 heteroatoms. The van der Waals surface area contributed by atoms with E-state index in [1.165, 1.54) is 5.56 Å². The Balaban J connectivity index is 1.46. The second-order valence-electron chi connectivity index (χ2n) is 6.42. The summed E-state index contributed by atoms with van der Waals surface area (Å²) in [6.45, 7) is 4.70. The van der Waals surface area contributed by atoms with E-state index in [1.54, 1.807) is 0 Å². The summed E-state index contributed by atoms with van der Waals surface area (Å²) in [4.78, 5) is 17.8. The summed E-state index contributed by atoms with van der Waals surface area (Å²) in [5.74, 6) is 0.830. The molecule has 0 aromatic carbocycles. The van der Waals surface area contributed by atoms with Crippen LogP contribution in [-0.4, -0.2) is 58.2 Å². The molecule has 4 rings (SSSR count). The summed E-state index contributed by atoms with van der Waals surface area (Å²) in [5, 5.41) is 0.